The Bertz CT molecular complexity index is 552. The van der Waals surface area contributed by atoms with Gasteiger partial charge in [-0.3, -0.25) is 0 Å². The zero-order valence-electron chi connectivity index (χ0n) is 9.21. The predicted molar refractivity (Wildman–Crippen MR) is 59.3 cm³/mol. The van der Waals surface area contributed by atoms with Gasteiger partial charge in [0.05, 0.1) is 31.3 Å². The zero-order chi connectivity index (χ0) is 12.5. The largest absolute Gasteiger partial charge is 0.497 e. The Labute approximate surface area is 99.5 Å². The molecule has 0 atom stereocenters. The molecule has 5 nitrogen and oxygen atoms in total. The summed E-state index contributed by atoms with van der Waals surface area (Å²) in [7, 11) is -2.18. The van der Waals surface area contributed by atoms with Crippen LogP contribution in [-0.4, -0.2) is 33.5 Å². The average molecular weight is 253 g/mol. The summed E-state index contributed by atoms with van der Waals surface area (Å²) in [5.74, 6) is 0.569. The smallest absolute Gasteiger partial charge is 0.208 e. The van der Waals surface area contributed by atoms with E-state index in [1.807, 2.05) is 6.07 Å². The van der Waals surface area contributed by atoms with Crippen LogP contribution >= 0.6 is 0 Å². The van der Waals surface area contributed by atoms with Crippen molar-refractivity contribution in [3.05, 3.63) is 24.3 Å². The second kappa shape index (κ2) is 4.02. The van der Waals surface area contributed by atoms with Crippen molar-refractivity contribution in [2.24, 2.45) is 0 Å². The van der Waals surface area contributed by atoms with Gasteiger partial charge in [-0.1, -0.05) is 0 Å². The first-order valence-electron chi connectivity index (χ1n) is 4.93. The Hall–Kier alpha value is -1.58. The van der Waals surface area contributed by atoms with E-state index < -0.39 is 14.6 Å². The van der Waals surface area contributed by atoms with Gasteiger partial charge in [0.15, 0.2) is 0 Å². The van der Waals surface area contributed by atoms with Gasteiger partial charge in [-0.05, 0) is 24.3 Å². The van der Waals surface area contributed by atoms with Crippen molar-refractivity contribution in [2.45, 2.75) is 9.64 Å². The SMILES string of the molecule is COc1ccc(S(=O)(=O)C2(C#N)COC2)cc1. The molecule has 0 saturated carbocycles. The topological polar surface area (TPSA) is 76.4 Å². The predicted octanol–water partition coefficient (Wildman–Crippen LogP) is 0.761. The number of nitriles is 1. The lowest BCUT2D eigenvalue weighted by molar-refractivity contribution is 0.0115. The van der Waals surface area contributed by atoms with Crippen molar-refractivity contribution < 1.29 is 17.9 Å². The second-order valence-electron chi connectivity index (χ2n) is 3.78. The highest BCUT2D eigenvalue weighted by Crippen LogP contribution is 2.32. The van der Waals surface area contributed by atoms with Gasteiger partial charge in [-0.25, -0.2) is 8.42 Å². The number of hydrogen-bond donors (Lipinski definition) is 0. The number of benzene rings is 1. The molecule has 0 radical (unpaired) electrons. The summed E-state index contributed by atoms with van der Waals surface area (Å²) in [4.78, 5) is 0.114. The molecular formula is C11H11NO4S. The van der Waals surface area contributed by atoms with Crippen LogP contribution in [0.15, 0.2) is 29.2 Å². The average Bonchev–Trinajstić information content (AvgIpc) is 2.28. The van der Waals surface area contributed by atoms with E-state index in [-0.39, 0.29) is 18.1 Å². The van der Waals surface area contributed by atoms with Gasteiger partial charge in [-0.15, -0.1) is 0 Å². The van der Waals surface area contributed by atoms with Crippen molar-refractivity contribution in [1.29, 1.82) is 5.26 Å². The van der Waals surface area contributed by atoms with Gasteiger partial charge in [0, 0.05) is 0 Å². The molecule has 0 spiro atoms. The van der Waals surface area contributed by atoms with Crippen LogP contribution in [-0.2, 0) is 14.6 Å². The molecule has 0 unspecified atom stereocenters. The molecule has 0 N–H and O–H groups in total. The van der Waals surface area contributed by atoms with E-state index in [1.165, 1.54) is 19.2 Å². The summed E-state index contributed by atoms with van der Waals surface area (Å²) >= 11 is 0. The summed E-state index contributed by atoms with van der Waals surface area (Å²) in [5, 5.41) is 9.00. The molecule has 0 bridgehead atoms. The summed E-state index contributed by atoms with van der Waals surface area (Å²) in [6, 6.07) is 7.82. The normalized spacial score (nSPS) is 17.9. The van der Waals surface area contributed by atoms with Gasteiger partial charge < -0.3 is 9.47 Å². The molecule has 1 aliphatic rings. The van der Waals surface area contributed by atoms with Crippen LogP contribution in [0.5, 0.6) is 5.75 Å². The lowest BCUT2D eigenvalue weighted by atomic mass is 10.1. The van der Waals surface area contributed by atoms with Crippen molar-refractivity contribution in [3.63, 3.8) is 0 Å². The molecule has 1 saturated heterocycles. The highest BCUT2D eigenvalue weighted by molar-refractivity contribution is 7.93. The van der Waals surface area contributed by atoms with Gasteiger partial charge in [0.1, 0.15) is 5.75 Å². The molecule has 0 aliphatic carbocycles. The number of methoxy groups -OCH3 is 1. The number of ether oxygens (including phenoxy) is 2. The van der Waals surface area contributed by atoms with Gasteiger partial charge >= 0.3 is 0 Å². The number of rotatable bonds is 3. The maximum Gasteiger partial charge on any atom is 0.208 e. The third-order valence-electron chi connectivity index (χ3n) is 2.76. The Morgan fingerprint density at radius 1 is 1.35 bits per heavy atom. The molecule has 6 heteroatoms. The van der Waals surface area contributed by atoms with E-state index in [1.54, 1.807) is 12.1 Å². The van der Waals surface area contributed by atoms with Crippen LogP contribution < -0.4 is 4.74 Å². The standard InChI is InChI=1S/C11H11NO4S/c1-15-9-2-4-10(5-3-9)17(13,14)11(6-12)7-16-8-11/h2-5H,7-8H2,1H3. The van der Waals surface area contributed by atoms with Gasteiger partial charge in [-0.2, -0.15) is 5.26 Å². The van der Waals surface area contributed by atoms with E-state index in [2.05, 4.69) is 0 Å². The lowest BCUT2D eigenvalue weighted by Crippen LogP contribution is -2.54. The van der Waals surface area contributed by atoms with Gasteiger partial charge in [0.25, 0.3) is 0 Å². The van der Waals surface area contributed by atoms with Crippen LogP contribution in [0.25, 0.3) is 0 Å². The minimum Gasteiger partial charge on any atom is -0.497 e. The summed E-state index contributed by atoms with van der Waals surface area (Å²) in [6.45, 7) is -0.143. The molecular weight excluding hydrogens is 242 g/mol. The fourth-order valence-electron chi connectivity index (χ4n) is 1.55. The Balaban J connectivity index is 2.42. The Morgan fingerprint density at radius 3 is 2.29 bits per heavy atom. The van der Waals surface area contributed by atoms with E-state index in [4.69, 9.17) is 14.7 Å². The summed E-state index contributed by atoms with van der Waals surface area (Å²) in [6.07, 6.45) is 0. The molecule has 1 aliphatic heterocycles. The summed E-state index contributed by atoms with van der Waals surface area (Å²) < 4.78 is 32.8. The van der Waals surface area contributed by atoms with Crippen molar-refractivity contribution in [2.75, 3.05) is 20.3 Å². The van der Waals surface area contributed by atoms with Crippen LogP contribution in [0.2, 0.25) is 0 Å². The number of nitrogens with zero attached hydrogens (tertiary/aromatic N) is 1. The minimum atomic E-state index is -3.68. The van der Waals surface area contributed by atoms with Crippen LogP contribution in [0.3, 0.4) is 0 Å². The first kappa shape index (κ1) is 11.9. The first-order valence-corrected chi connectivity index (χ1v) is 6.42. The first-order chi connectivity index (χ1) is 8.05. The van der Waals surface area contributed by atoms with Crippen LogP contribution in [0.4, 0.5) is 0 Å². The monoisotopic (exact) mass is 253 g/mol. The molecule has 0 amide bonds. The number of sulfone groups is 1. The highest BCUT2D eigenvalue weighted by atomic mass is 32.2. The van der Waals surface area contributed by atoms with Crippen LogP contribution in [0.1, 0.15) is 0 Å². The van der Waals surface area contributed by atoms with E-state index in [0.29, 0.717) is 5.75 Å². The summed E-state index contributed by atoms with van der Waals surface area (Å²) in [5.41, 5.74) is 0. The highest BCUT2D eigenvalue weighted by Gasteiger charge is 2.52. The second-order valence-corrected chi connectivity index (χ2v) is 6.04. The molecule has 17 heavy (non-hydrogen) atoms. The van der Waals surface area contributed by atoms with Crippen molar-refractivity contribution in [1.82, 2.24) is 0 Å². The fraction of sp³-hybridized carbons (Fsp3) is 0.364. The van der Waals surface area contributed by atoms with Crippen LogP contribution in [0, 0.1) is 11.3 Å². The van der Waals surface area contributed by atoms with Crippen molar-refractivity contribution in [3.8, 4) is 11.8 Å². The molecule has 0 aromatic heterocycles. The van der Waals surface area contributed by atoms with E-state index in [0.717, 1.165) is 0 Å². The maximum absolute atomic E-state index is 12.2. The molecule has 2 rings (SSSR count). The van der Waals surface area contributed by atoms with E-state index in [9.17, 15) is 8.42 Å². The Kier molecular flexibility index (Phi) is 2.81. The zero-order valence-corrected chi connectivity index (χ0v) is 10.0. The number of hydrogen-bond acceptors (Lipinski definition) is 5. The maximum atomic E-state index is 12.2. The van der Waals surface area contributed by atoms with E-state index >= 15 is 0 Å². The lowest BCUT2D eigenvalue weighted by Gasteiger charge is -2.34. The third kappa shape index (κ3) is 1.68. The minimum absolute atomic E-state index is 0.0716. The van der Waals surface area contributed by atoms with Crippen molar-refractivity contribution >= 4 is 9.84 Å². The quantitative estimate of drug-likeness (QED) is 0.795. The molecule has 1 aromatic carbocycles. The third-order valence-corrected chi connectivity index (χ3v) is 5.01. The molecule has 1 fully saturated rings. The molecule has 1 heterocycles. The Morgan fingerprint density at radius 2 is 1.94 bits per heavy atom. The molecule has 90 valence electrons. The van der Waals surface area contributed by atoms with Gasteiger partial charge in [0.2, 0.25) is 14.6 Å². The molecule has 1 aromatic rings. The fourth-order valence-corrected chi connectivity index (χ4v) is 3.09.